The molecule has 1 aromatic heterocycles. The fraction of sp³-hybridized carbons (Fsp3) is 0.353. The number of alkyl halides is 3. The van der Waals surface area contributed by atoms with Gasteiger partial charge in [0.2, 0.25) is 0 Å². The van der Waals surface area contributed by atoms with E-state index >= 15 is 0 Å². The maximum atomic E-state index is 12.8. The molecule has 3 rings (SSSR count). The molecule has 0 radical (unpaired) electrons. The van der Waals surface area contributed by atoms with Crippen LogP contribution in [0.5, 0.6) is 0 Å². The molecule has 0 saturated carbocycles. The third-order valence-electron chi connectivity index (χ3n) is 4.39. The number of halogens is 3. The summed E-state index contributed by atoms with van der Waals surface area (Å²) in [6.07, 6.45) is -5.96. The Balaban J connectivity index is 1.81. The number of nitrogens with one attached hydrogen (secondary N) is 1. The molecule has 10 heteroatoms. The van der Waals surface area contributed by atoms with Gasteiger partial charge in [0.25, 0.3) is 5.91 Å². The smallest absolute Gasteiger partial charge is 0.416 e. The van der Waals surface area contributed by atoms with E-state index in [4.69, 9.17) is 0 Å². The van der Waals surface area contributed by atoms with Crippen LogP contribution in [0.3, 0.4) is 0 Å². The fourth-order valence-electron chi connectivity index (χ4n) is 2.95. The average Bonchev–Trinajstić information content (AvgIpc) is 3.08. The number of carbonyl (C=O) groups excluding carboxylic acids is 2. The number of hydrogen-bond acceptors (Lipinski definition) is 5. The van der Waals surface area contributed by atoms with Crippen LogP contribution in [0.25, 0.3) is 0 Å². The highest BCUT2D eigenvalue weighted by Gasteiger charge is 2.34. The summed E-state index contributed by atoms with van der Waals surface area (Å²) in [5, 5.41) is 16.9. The van der Waals surface area contributed by atoms with Crippen molar-refractivity contribution < 1.29 is 32.6 Å². The van der Waals surface area contributed by atoms with E-state index in [2.05, 4.69) is 14.9 Å². The predicted molar refractivity (Wildman–Crippen MR) is 85.5 cm³/mol. The van der Waals surface area contributed by atoms with Gasteiger partial charge in [-0.2, -0.15) is 18.3 Å². The SMILES string of the molecule is COC(=O)c1n[nH]c2c1CN(C(=O)C(O)c1cccc(C(F)(F)F)c1)CC2. The van der Waals surface area contributed by atoms with E-state index < -0.39 is 29.7 Å². The Morgan fingerprint density at radius 3 is 2.78 bits per heavy atom. The summed E-state index contributed by atoms with van der Waals surface area (Å²) in [6, 6.07) is 4.00. The van der Waals surface area contributed by atoms with E-state index in [0.717, 1.165) is 18.2 Å². The molecule has 144 valence electrons. The van der Waals surface area contributed by atoms with E-state index in [1.165, 1.54) is 18.1 Å². The van der Waals surface area contributed by atoms with Crippen molar-refractivity contribution in [2.75, 3.05) is 13.7 Å². The Labute approximate surface area is 151 Å². The van der Waals surface area contributed by atoms with E-state index in [9.17, 15) is 27.9 Å². The average molecular weight is 383 g/mol. The van der Waals surface area contributed by atoms with Crippen molar-refractivity contribution in [1.29, 1.82) is 0 Å². The van der Waals surface area contributed by atoms with Crippen LogP contribution in [-0.4, -0.2) is 45.7 Å². The van der Waals surface area contributed by atoms with Crippen molar-refractivity contribution in [3.63, 3.8) is 0 Å². The number of H-pyrrole nitrogens is 1. The molecular formula is C17H16F3N3O4. The molecule has 0 saturated heterocycles. The topological polar surface area (TPSA) is 95.5 Å². The van der Waals surface area contributed by atoms with Crippen molar-refractivity contribution in [2.24, 2.45) is 0 Å². The number of benzene rings is 1. The van der Waals surface area contributed by atoms with Gasteiger partial charge in [-0.1, -0.05) is 12.1 Å². The molecule has 1 aliphatic rings. The third kappa shape index (κ3) is 3.65. The van der Waals surface area contributed by atoms with E-state index in [-0.39, 0.29) is 24.3 Å². The van der Waals surface area contributed by atoms with Crippen LogP contribution in [0.4, 0.5) is 13.2 Å². The third-order valence-corrected chi connectivity index (χ3v) is 4.39. The second-order valence-electron chi connectivity index (χ2n) is 6.06. The predicted octanol–water partition coefficient (Wildman–Crippen LogP) is 1.83. The van der Waals surface area contributed by atoms with Gasteiger partial charge in [0.1, 0.15) is 0 Å². The van der Waals surface area contributed by atoms with Crippen molar-refractivity contribution in [3.05, 3.63) is 52.3 Å². The lowest BCUT2D eigenvalue weighted by atomic mass is 10.0. The van der Waals surface area contributed by atoms with Crippen molar-refractivity contribution in [3.8, 4) is 0 Å². The first-order chi connectivity index (χ1) is 12.7. The first kappa shape index (κ1) is 18.9. The van der Waals surface area contributed by atoms with Gasteiger partial charge in [-0.15, -0.1) is 0 Å². The molecule has 7 nitrogen and oxygen atoms in total. The number of nitrogens with zero attached hydrogens (tertiary/aromatic N) is 2. The zero-order chi connectivity index (χ0) is 19.8. The molecule has 2 heterocycles. The number of esters is 1. The Morgan fingerprint density at radius 1 is 1.37 bits per heavy atom. The summed E-state index contributed by atoms with van der Waals surface area (Å²) in [7, 11) is 1.20. The lowest BCUT2D eigenvalue weighted by molar-refractivity contribution is -0.142. The molecule has 0 bridgehead atoms. The number of aliphatic hydroxyl groups excluding tert-OH is 1. The summed E-state index contributed by atoms with van der Waals surface area (Å²) >= 11 is 0. The summed E-state index contributed by atoms with van der Waals surface area (Å²) in [4.78, 5) is 25.6. The Bertz CT molecular complexity index is 879. The van der Waals surface area contributed by atoms with E-state index in [1.54, 1.807) is 0 Å². The van der Waals surface area contributed by atoms with E-state index in [0.29, 0.717) is 17.7 Å². The largest absolute Gasteiger partial charge is 0.464 e. The van der Waals surface area contributed by atoms with Crippen LogP contribution >= 0.6 is 0 Å². The quantitative estimate of drug-likeness (QED) is 0.789. The van der Waals surface area contributed by atoms with Gasteiger partial charge in [0.05, 0.1) is 12.7 Å². The van der Waals surface area contributed by atoms with Crippen LogP contribution in [0.2, 0.25) is 0 Å². The number of amides is 1. The number of hydrogen-bond donors (Lipinski definition) is 2. The Morgan fingerprint density at radius 2 is 2.11 bits per heavy atom. The van der Waals surface area contributed by atoms with Crippen molar-refractivity contribution in [2.45, 2.75) is 25.2 Å². The second-order valence-corrected chi connectivity index (χ2v) is 6.06. The maximum absolute atomic E-state index is 12.8. The molecule has 1 aromatic carbocycles. The fourth-order valence-corrected chi connectivity index (χ4v) is 2.95. The number of aromatic amines is 1. The molecule has 27 heavy (non-hydrogen) atoms. The monoisotopic (exact) mass is 383 g/mol. The molecule has 2 aromatic rings. The molecule has 1 aliphatic heterocycles. The Kier molecular flexibility index (Phi) is 4.92. The van der Waals surface area contributed by atoms with Crippen molar-refractivity contribution >= 4 is 11.9 Å². The first-order valence-electron chi connectivity index (χ1n) is 8.00. The molecule has 1 atom stereocenters. The number of methoxy groups -OCH3 is 1. The first-order valence-corrected chi connectivity index (χ1v) is 8.00. The summed E-state index contributed by atoms with van der Waals surface area (Å²) < 4.78 is 43.2. The minimum Gasteiger partial charge on any atom is -0.464 e. The van der Waals surface area contributed by atoms with Crippen LogP contribution in [0.15, 0.2) is 24.3 Å². The van der Waals surface area contributed by atoms with Gasteiger partial charge in [-0.05, 0) is 17.7 Å². The van der Waals surface area contributed by atoms with Crippen LogP contribution in [-0.2, 0) is 28.7 Å². The zero-order valence-electron chi connectivity index (χ0n) is 14.2. The summed E-state index contributed by atoms with van der Waals surface area (Å²) in [6.45, 7) is 0.218. The standard InChI is InChI=1S/C17H16F3N3O4/c1-27-16(26)13-11-8-23(6-5-12(11)21-22-13)15(25)14(24)9-3-2-4-10(7-9)17(18,19)20/h2-4,7,14,24H,5-6,8H2,1H3,(H,21,22). The normalized spacial score (nSPS) is 15.2. The second kappa shape index (κ2) is 7.03. The van der Waals surface area contributed by atoms with Gasteiger partial charge in [-0.25, -0.2) is 4.79 Å². The van der Waals surface area contributed by atoms with Gasteiger partial charge < -0.3 is 14.7 Å². The van der Waals surface area contributed by atoms with Gasteiger partial charge in [0.15, 0.2) is 11.8 Å². The maximum Gasteiger partial charge on any atom is 0.416 e. The van der Waals surface area contributed by atoms with E-state index in [1.807, 2.05) is 0 Å². The summed E-state index contributed by atoms with van der Waals surface area (Å²) in [5.41, 5.74) is 0.0841. The number of ether oxygens (including phenoxy) is 1. The minimum absolute atomic E-state index is 0.00881. The number of aliphatic hydroxyl groups is 1. The Hall–Kier alpha value is -2.88. The number of fused-ring (bicyclic) bond motifs is 1. The highest BCUT2D eigenvalue weighted by molar-refractivity contribution is 5.89. The number of rotatable bonds is 3. The van der Waals surface area contributed by atoms with Crippen molar-refractivity contribution in [1.82, 2.24) is 15.1 Å². The van der Waals surface area contributed by atoms with Gasteiger partial charge in [-0.3, -0.25) is 9.89 Å². The number of carbonyl (C=O) groups is 2. The summed E-state index contributed by atoms with van der Waals surface area (Å²) in [5.74, 6) is -1.42. The van der Waals surface area contributed by atoms with Crippen LogP contribution in [0, 0.1) is 0 Å². The van der Waals surface area contributed by atoms with Crippen LogP contribution in [0.1, 0.15) is 39.0 Å². The van der Waals surface area contributed by atoms with Gasteiger partial charge >= 0.3 is 12.1 Å². The minimum atomic E-state index is -4.58. The van der Waals surface area contributed by atoms with Gasteiger partial charge in [0, 0.05) is 30.8 Å². The lowest BCUT2D eigenvalue weighted by Crippen LogP contribution is -2.39. The molecule has 2 N–H and O–H groups in total. The number of aromatic nitrogens is 2. The van der Waals surface area contributed by atoms with Crippen LogP contribution < -0.4 is 0 Å². The lowest BCUT2D eigenvalue weighted by Gasteiger charge is -2.29. The molecule has 0 fully saturated rings. The molecule has 0 spiro atoms. The molecule has 0 aliphatic carbocycles. The zero-order valence-corrected chi connectivity index (χ0v) is 14.2. The molecule has 1 amide bonds. The molecule has 1 unspecified atom stereocenters. The highest BCUT2D eigenvalue weighted by atomic mass is 19.4. The molecular weight excluding hydrogens is 367 g/mol. The highest BCUT2D eigenvalue weighted by Crippen LogP contribution is 2.31.